The molecule has 0 bridgehead atoms. The minimum absolute atomic E-state index is 0.0492. The van der Waals surface area contributed by atoms with Crippen LogP contribution in [0.5, 0.6) is 0 Å². The molecule has 1 rings (SSSR count). The summed E-state index contributed by atoms with van der Waals surface area (Å²) in [6, 6.07) is 0.474. The number of carbonyl (C=O) groups is 1. The minimum atomic E-state index is -0.439. The topological polar surface area (TPSA) is 32.3 Å². The number of nitrogens with one attached hydrogen (secondary N) is 1. The summed E-state index contributed by atoms with van der Waals surface area (Å²) >= 11 is 5.79. The summed E-state index contributed by atoms with van der Waals surface area (Å²) in [5.74, 6) is 0.612. The molecule has 0 aromatic carbocycles. The molecule has 1 saturated heterocycles. The number of hydrogen-bond acceptors (Lipinski definition) is 2. The molecule has 0 aromatic rings. The van der Waals surface area contributed by atoms with E-state index in [1.807, 2.05) is 0 Å². The second kappa shape index (κ2) is 8.00. The summed E-state index contributed by atoms with van der Waals surface area (Å²) in [6.07, 6.45) is 4.92. The molecule has 1 heterocycles. The lowest BCUT2D eigenvalue weighted by atomic mass is 9.93. The Labute approximate surface area is 116 Å². The maximum absolute atomic E-state index is 11.6. The maximum Gasteiger partial charge on any atom is 0.237 e. The molecule has 1 aliphatic heterocycles. The Hall–Kier alpha value is -0.280. The first-order chi connectivity index (χ1) is 8.60. The Morgan fingerprint density at radius 3 is 2.28 bits per heavy atom. The van der Waals surface area contributed by atoms with E-state index in [2.05, 4.69) is 24.1 Å². The summed E-state index contributed by atoms with van der Waals surface area (Å²) in [5.41, 5.74) is 0. The Morgan fingerprint density at radius 1 is 1.28 bits per heavy atom. The number of amides is 1. The molecular formula is C14H27ClN2O. The van der Waals surface area contributed by atoms with Crippen LogP contribution in [0.2, 0.25) is 0 Å². The fourth-order valence-corrected chi connectivity index (χ4v) is 2.92. The summed E-state index contributed by atoms with van der Waals surface area (Å²) < 4.78 is 0. The predicted molar refractivity (Wildman–Crippen MR) is 77.0 cm³/mol. The van der Waals surface area contributed by atoms with Gasteiger partial charge in [0, 0.05) is 12.6 Å². The Balaban J connectivity index is 2.56. The molecule has 0 radical (unpaired) electrons. The Kier molecular flexibility index (Phi) is 7.02. The van der Waals surface area contributed by atoms with Gasteiger partial charge >= 0.3 is 0 Å². The van der Waals surface area contributed by atoms with Crippen molar-refractivity contribution in [3.05, 3.63) is 0 Å². The van der Waals surface area contributed by atoms with Crippen molar-refractivity contribution < 1.29 is 4.79 Å². The van der Waals surface area contributed by atoms with Crippen LogP contribution < -0.4 is 5.32 Å². The van der Waals surface area contributed by atoms with Crippen LogP contribution in [0.4, 0.5) is 0 Å². The lowest BCUT2D eigenvalue weighted by molar-refractivity contribution is -0.120. The van der Waals surface area contributed by atoms with Crippen molar-refractivity contribution in [2.24, 2.45) is 5.92 Å². The molecule has 1 N–H and O–H groups in total. The van der Waals surface area contributed by atoms with Gasteiger partial charge in [0.05, 0.1) is 0 Å². The highest BCUT2D eigenvalue weighted by atomic mass is 35.5. The van der Waals surface area contributed by atoms with Crippen LogP contribution >= 0.6 is 11.6 Å². The molecule has 0 aromatic heterocycles. The third-order valence-corrected chi connectivity index (χ3v) is 4.25. The van der Waals surface area contributed by atoms with Crippen molar-refractivity contribution in [2.75, 3.05) is 19.6 Å². The van der Waals surface area contributed by atoms with E-state index in [0.717, 1.165) is 6.54 Å². The summed E-state index contributed by atoms with van der Waals surface area (Å²) in [6.45, 7) is 9.29. The molecule has 0 aliphatic carbocycles. The monoisotopic (exact) mass is 274 g/mol. The zero-order valence-corrected chi connectivity index (χ0v) is 12.7. The smallest absolute Gasteiger partial charge is 0.237 e. The van der Waals surface area contributed by atoms with Crippen molar-refractivity contribution in [1.29, 1.82) is 0 Å². The Morgan fingerprint density at radius 2 is 1.83 bits per heavy atom. The second-order valence-electron chi connectivity index (χ2n) is 5.25. The van der Waals surface area contributed by atoms with Gasteiger partial charge in [-0.15, -0.1) is 11.6 Å². The third-order valence-electron chi connectivity index (χ3n) is 4.05. The van der Waals surface area contributed by atoms with Gasteiger partial charge in [-0.2, -0.15) is 0 Å². The van der Waals surface area contributed by atoms with Gasteiger partial charge in [0.2, 0.25) is 5.91 Å². The zero-order chi connectivity index (χ0) is 13.5. The molecule has 18 heavy (non-hydrogen) atoms. The number of halogens is 1. The molecule has 2 atom stereocenters. The molecular weight excluding hydrogens is 248 g/mol. The molecule has 1 amide bonds. The van der Waals surface area contributed by atoms with Crippen molar-refractivity contribution >= 4 is 17.5 Å². The van der Waals surface area contributed by atoms with Gasteiger partial charge in [0.25, 0.3) is 0 Å². The normalized spacial score (nSPS) is 20.1. The van der Waals surface area contributed by atoms with E-state index in [0.29, 0.717) is 12.0 Å². The molecule has 0 saturated carbocycles. The summed E-state index contributed by atoms with van der Waals surface area (Å²) in [4.78, 5) is 14.1. The Bertz CT molecular complexity index is 246. The quantitative estimate of drug-likeness (QED) is 0.724. The zero-order valence-electron chi connectivity index (χ0n) is 11.9. The lowest BCUT2D eigenvalue weighted by Crippen LogP contribution is -2.47. The number of alkyl halides is 1. The summed E-state index contributed by atoms with van der Waals surface area (Å²) in [7, 11) is 0. The van der Waals surface area contributed by atoms with Crippen LogP contribution in [0.3, 0.4) is 0 Å². The van der Waals surface area contributed by atoms with E-state index in [4.69, 9.17) is 11.6 Å². The number of nitrogens with zero attached hydrogens (tertiary/aromatic N) is 1. The van der Waals surface area contributed by atoms with Gasteiger partial charge in [0.15, 0.2) is 0 Å². The first-order valence-corrected chi connectivity index (χ1v) is 7.69. The van der Waals surface area contributed by atoms with E-state index in [-0.39, 0.29) is 5.91 Å². The van der Waals surface area contributed by atoms with E-state index < -0.39 is 5.38 Å². The van der Waals surface area contributed by atoms with Gasteiger partial charge in [0.1, 0.15) is 5.38 Å². The van der Waals surface area contributed by atoms with Gasteiger partial charge in [-0.25, -0.2) is 0 Å². The number of carbonyl (C=O) groups excluding carboxylic acids is 1. The highest BCUT2D eigenvalue weighted by Gasteiger charge is 2.28. The molecule has 0 spiro atoms. The molecule has 2 unspecified atom stereocenters. The van der Waals surface area contributed by atoms with Gasteiger partial charge in [-0.1, -0.05) is 26.7 Å². The van der Waals surface area contributed by atoms with Crippen LogP contribution in [0, 0.1) is 5.92 Å². The van der Waals surface area contributed by atoms with Gasteiger partial charge in [-0.05, 0) is 38.8 Å². The molecule has 106 valence electrons. The second-order valence-corrected chi connectivity index (χ2v) is 5.90. The average Bonchev–Trinajstić information content (AvgIpc) is 2.87. The number of likely N-dealkylation sites (tertiary alicyclic amines) is 1. The molecule has 4 heteroatoms. The highest BCUT2D eigenvalue weighted by molar-refractivity contribution is 6.30. The molecule has 1 aliphatic rings. The SMILES string of the molecule is CCC(CC)C(CNC(=O)C(C)Cl)N1CCCC1. The lowest BCUT2D eigenvalue weighted by Gasteiger charge is -2.34. The fourth-order valence-electron chi connectivity index (χ4n) is 2.85. The minimum Gasteiger partial charge on any atom is -0.353 e. The van der Waals surface area contributed by atoms with Crippen LogP contribution in [0.1, 0.15) is 46.5 Å². The van der Waals surface area contributed by atoms with Crippen LogP contribution in [0.25, 0.3) is 0 Å². The van der Waals surface area contributed by atoms with E-state index in [9.17, 15) is 4.79 Å². The molecule has 1 fully saturated rings. The largest absolute Gasteiger partial charge is 0.353 e. The third kappa shape index (κ3) is 4.43. The van der Waals surface area contributed by atoms with Gasteiger partial charge < -0.3 is 5.32 Å². The van der Waals surface area contributed by atoms with Crippen LogP contribution in [-0.4, -0.2) is 41.9 Å². The van der Waals surface area contributed by atoms with Crippen molar-refractivity contribution in [3.63, 3.8) is 0 Å². The van der Waals surface area contributed by atoms with Crippen molar-refractivity contribution in [1.82, 2.24) is 10.2 Å². The van der Waals surface area contributed by atoms with E-state index >= 15 is 0 Å². The van der Waals surface area contributed by atoms with Gasteiger partial charge in [-0.3, -0.25) is 9.69 Å². The number of rotatable bonds is 7. The van der Waals surface area contributed by atoms with Crippen LogP contribution in [0.15, 0.2) is 0 Å². The number of hydrogen-bond donors (Lipinski definition) is 1. The first kappa shape index (κ1) is 15.8. The van der Waals surface area contributed by atoms with E-state index in [1.165, 1.54) is 38.8 Å². The van der Waals surface area contributed by atoms with Crippen LogP contribution in [-0.2, 0) is 4.79 Å². The predicted octanol–water partition coefficient (Wildman–Crippen LogP) is 2.63. The van der Waals surface area contributed by atoms with E-state index in [1.54, 1.807) is 6.92 Å². The average molecular weight is 275 g/mol. The van der Waals surface area contributed by atoms with Crippen molar-refractivity contribution in [2.45, 2.75) is 57.9 Å². The van der Waals surface area contributed by atoms with Crippen molar-refractivity contribution in [3.8, 4) is 0 Å². The first-order valence-electron chi connectivity index (χ1n) is 7.25. The maximum atomic E-state index is 11.6. The summed E-state index contributed by atoms with van der Waals surface area (Å²) in [5, 5.41) is 2.56. The standard InChI is InChI=1S/C14H27ClN2O/c1-4-12(5-2)13(17-8-6-7-9-17)10-16-14(18)11(3)15/h11-13H,4-10H2,1-3H3,(H,16,18). The fraction of sp³-hybridized carbons (Fsp3) is 0.929. The molecule has 3 nitrogen and oxygen atoms in total. The highest BCUT2D eigenvalue weighted by Crippen LogP contribution is 2.22.